The fourth-order valence-electron chi connectivity index (χ4n) is 13.2. The van der Waals surface area contributed by atoms with Gasteiger partial charge in [0.2, 0.25) is 0 Å². The molecule has 408 valence electrons. The van der Waals surface area contributed by atoms with Crippen molar-refractivity contribution in [3.05, 3.63) is 227 Å². The molecule has 0 radical (unpaired) electrons. The summed E-state index contributed by atoms with van der Waals surface area (Å²) in [6.07, 6.45) is 0. The van der Waals surface area contributed by atoms with E-state index in [4.69, 9.17) is 0 Å². The Morgan fingerprint density at radius 2 is 0.864 bits per heavy atom. The first-order valence-corrected chi connectivity index (χ1v) is 29.6. The first-order chi connectivity index (χ1) is 38.1. The Kier molecular flexibility index (Phi) is 12.5. The molecule has 0 aromatic heterocycles. The number of rotatable bonds is 6. The monoisotopic (exact) mass is 1060 g/mol. The van der Waals surface area contributed by atoms with E-state index in [1.165, 1.54) is 112 Å². The van der Waals surface area contributed by atoms with Crippen molar-refractivity contribution in [1.82, 2.24) is 0 Å². The third kappa shape index (κ3) is 9.13. The van der Waals surface area contributed by atoms with Gasteiger partial charge in [0.25, 0.3) is 0 Å². The lowest BCUT2D eigenvalue weighted by molar-refractivity contribution is 0.590. The Labute approximate surface area is 485 Å². The molecule has 0 atom stereocenters. The van der Waals surface area contributed by atoms with E-state index in [9.17, 15) is 0 Å². The van der Waals surface area contributed by atoms with Gasteiger partial charge in [-0.15, -0.1) is 0 Å². The van der Waals surface area contributed by atoms with E-state index in [1.807, 2.05) is 0 Å². The molecule has 3 nitrogen and oxygen atoms in total. The smallest absolute Gasteiger partial charge is 0.333 e. The van der Waals surface area contributed by atoms with Crippen molar-refractivity contribution in [3.8, 4) is 33.4 Å². The molecule has 0 spiro atoms. The standard InChI is InChI=1S/C77H82BN3/c1-72(2,3)50-27-34-55(35-28-50)79(56-36-29-51(30-37-56)73(4,5)6)58-40-44-67-62(48-58)63-46-54(76(13,14)15)47-68-70(63)78(81(67)57-38-31-52(32-39-57)74(7,8)9)65-42-41-60-59-25-21-22-26-64(59)77(16,17)69(60)71(65)80(68)66-43-33-53(75(10,11)12)45-61(66)49-23-19-18-20-24-49/h18-48H,1-17H3. The van der Waals surface area contributed by atoms with Crippen LogP contribution in [0.5, 0.6) is 0 Å². The molecule has 9 aromatic rings. The second kappa shape index (κ2) is 18.7. The highest BCUT2D eigenvalue weighted by atomic mass is 15.2. The molecule has 12 rings (SSSR count). The van der Waals surface area contributed by atoms with E-state index in [0.717, 1.165) is 17.1 Å². The summed E-state index contributed by atoms with van der Waals surface area (Å²) in [6.45, 7) is 39.7. The lowest BCUT2D eigenvalue weighted by Crippen LogP contribution is -2.62. The van der Waals surface area contributed by atoms with Gasteiger partial charge in [0.15, 0.2) is 0 Å². The number of nitrogens with zero attached hydrogens (tertiary/aromatic N) is 3. The summed E-state index contributed by atoms with van der Waals surface area (Å²) in [4.78, 5) is 7.91. The number of anilines is 8. The van der Waals surface area contributed by atoms with Crippen molar-refractivity contribution in [3.63, 3.8) is 0 Å². The van der Waals surface area contributed by atoms with Gasteiger partial charge in [-0.05, 0) is 172 Å². The predicted molar refractivity (Wildman–Crippen MR) is 351 cm³/mol. The van der Waals surface area contributed by atoms with Crippen LogP contribution < -0.4 is 25.5 Å². The summed E-state index contributed by atoms with van der Waals surface area (Å²) >= 11 is 0. The van der Waals surface area contributed by atoms with Gasteiger partial charge in [-0.2, -0.15) is 0 Å². The summed E-state index contributed by atoms with van der Waals surface area (Å²) in [5.41, 5.74) is 28.4. The molecule has 1 aliphatic carbocycles. The fourth-order valence-corrected chi connectivity index (χ4v) is 13.2. The largest absolute Gasteiger partial charge is 0.376 e. The topological polar surface area (TPSA) is 9.72 Å². The van der Waals surface area contributed by atoms with Crippen LogP contribution >= 0.6 is 0 Å². The van der Waals surface area contributed by atoms with Gasteiger partial charge in [-0.3, -0.25) is 0 Å². The van der Waals surface area contributed by atoms with Crippen LogP contribution in [0.1, 0.15) is 157 Å². The molecule has 0 saturated heterocycles. The third-order valence-corrected chi connectivity index (χ3v) is 18.0. The highest BCUT2D eigenvalue weighted by molar-refractivity contribution is 6.93. The van der Waals surface area contributed by atoms with E-state index >= 15 is 0 Å². The maximum Gasteiger partial charge on any atom is 0.333 e. The summed E-state index contributed by atoms with van der Waals surface area (Å²) in [5.74, 6) is 0. The normalized spacial score (nSPS) is 14.5. The maximum absolute atomic E-state index is 2.73. The van der Waals surface area contributed by atoms with Gasteiger partial charge in [-0.25, -0.2) is 0 Å². The highest BCUT2D eigenvalue weighted by Crippen LogP contribution is 2.58. The van der Waals surface area contributed by atoms with Crippen molar-refractivity contribution < 1.29 is 0 Å². The molecule has 2 aliphatic heterocycles. The van der Waals surface area contributed by atoms with Crippen LogP contribution in [0.25, 0.3) is 33.4 Å². The van der Waals surface area contributed by atoms with Crippen LogP contribution in [0.2, 0.25) is 0 Å². The average Bonchev–Trinajstić information content (AvgIpc) is 3.84. The Morgan fingerprint density at radius 1 is 0.370 bits per heavy atom. The Balaban J connectivity index is 1.21. The number of fused-ring (bicyclic) bond motifs is 8. The quantitative estimate of drug-likeness (QED) is 0.154. The van der Waals surface area contributed by atoms with Crippen molar-refractivity contribution >= 4 is 63.3 Å². The van der Waals surface area contributed by atoms with Gasteiger partial charge in [0, 0.05) is 56.4 Å². The highest BCUT2D eigenvalue weighted by Gasteiger charge is 2.50. The molecule has 0 bridgehead atoms. The average molecular weight is 1060 g/mol. The van der Waals surface area contributed by atoms with Gasteiger partial charge in [-0.1, -0.05) is 233 Å². The molecule has 4 heteroatoms. The molecule has 81 heavy (non-hydrogen) atoms. The van der Waals surface area contributed by atoms with Crippen molar-refractivity contribution in [2.75, 3.05) is 14.6 Å². The minimum atomic E-state index is -0.309. The Hall–Kier alpha value is -7.56. The summed E-state index contributed by atoms with van der Waals surface area (Å²) < 4.78 is 0. The number of hydrogen-bond acceptors (Lipinski definition) is 3. The van der Waals surface area contributed by atoms with Crippen LogP contribution in [0.3, 0.4) is 0 Å². The van der Waals surface area contributed by atoms with Crippen molar-refractivity contribution in [2.24, 2.45) is 0 Å². The zero-order valence-electron chi connectivity index (χ0n) is 51.3. The zero-order chi connectivity index (χ0) is 57.5. The number of hydrogen-bond donors (Lipinski definition) is 0. The maximum atomic E-state index is 2.73. The first kappa shape index (κ1) is 54.1. The van der Waals surface area contributed by atoms with Crippen LogP contribution in [0, 0.1) is 0 Å². The van der Waals surface area contributed by atoms with Gasteiger partial charge in [0.05, 0.1) is 5.69 Å². The number of benzene rings is 9. The second-order valence-electron chi connectivity index (χ2n) is 29.2. The molecule has 0 amide bonds. The van der Waals surface area contributed by atoms with Crippen LogP contribution in [-0.4, -0.2) is 6.85 Å². The predicted octanol–water partition coefficient (Wildman–Crippen LogP) is 20.3. The summed E-state index contributed by atoms with van der Waals surface area (Å²) in [5, 5.41) is 0. The molecule has 0 N–H and O–H groups in total. The molecule has 2 heterocycles. The first-order valence-electron chi connectivity index (χ1n) is 29.6. The van der Waals surface area contributed by atoms with Gasteiger partial charge < -0.3 is 14.6 Å². The minimum absolute atomic E-state index is 0.00588. The third-order valence-electron chi connectivity index (χ3n) is 18.0. The molecule has 3 aliphatic rings. The zero-order valence-corrected chi connectivity index (χ0v) is 51.3. The van der Waals surface area contributed by atoms with E-state index in [0.29, 0.717) is 0 Å². The lowest BCUT2D eigenvalue weighted by Gasteiger charge is -2.48. The van der Waals surface area contributed by atoms with E-state index in [1.54, 1.807) is 0 Å². The van der Waals surface area contributed by atoms with Gasteiger partial charge in [0.1, 0.15) is 0 Å². The molecule has 0 unspecified atom stereocenters. The lowest BCUT2D eigenvalue weighted by atomic mass is 9.42. The van der Waals surface area contributed by atoms with E-state index in [2.05, 4.69) is 320 Å². The molecule has 9 aromatic carbocycles. The summed E-state index contributed by atoms with van der Waals surface area (Å²) in [7, 11) is 0. The van der Waals surface area contributed by atoms with E-state index in [-0.39, 0.29) is 39.3 Å². The molecular weight excluding hydrogens is 978 g/mol. The Morgan fingerprint density at radius 3 is 1.43 bits per heavy atom. The SMILES string of the molecule is CC(C)(C)c1ccc(N2B3c4ccc5c(c4N(c4ccc(C(C)(C)C)cc4-c4ccccc4)c4cc(C(C)(C)C)cc(c43)-c3cc(N(c4ccc(C(C)(C)C)cc4)c4ccc(C(C)(C)C)cc4)ccc32)C(C)(C)c2ccccc2-5)cc1. The van der Waals surface area contributed by atoms with Gasteiger partial charge >= 0.3 is 6.85 Å². The molecule has 0 fully saturated rings. The minimum Gasteiger partial charge on any atom is -0.376 e. The van der Waals surface area contributed by atoms with E-state index < -0.39 is 0 Å². The van der Waals surface area contributed by atoms with Crippen molar-refractivity contribution in [2.45, 2.75) is 150 Å². The van der Waals surface area contributed by atoms with Crippen LogP contribution in [0.4, 0.5) is 45.5 Å². The van der Waals surface area contributed by atoms with Crippen molar-refractivity contribution in [1.29, 1.82) is 0 Å². The molecule has 0 saturated carbocycles. The second-order valence-corrected chi connectivity index (χ2v) is 29.2. The summed E-state index contributed by atoms with van der Waals surface area (Å²) in [6, 6.07) is 73.1. The fraction of sp³-hybridized carbons (Fsp3) is 0.299. The van der Waals surface area contributed by atoms with Crippen LogP contribution in [0.15, 0.2) is 188 Å². The Bertz CT molecular complexity index is 3850. The molecular formula is C77H82BN3. The van der Waals surface area contributed by atoms with Crippen LogP contribution in [-0.2, 0) is 32.5 Å².